The maximum Gasteiger partial charge on any atom is 0.228 e. The van der Waals surface area contributed by atoms with E-state index in [1.54, 1.807) is 11.3 Å². The number of amides is 1. The summed E-state index contributed by atoms with van der Waals surface area (Å²) in [6.07, 6.45) is 10.8. The van der Waals surface area contributed by atoms with Gasteiger partial charge in [-0.3, -0.25) is 9.59 Å². The molecule has 0 spiro atoms. The third kappa shape index (κ3) is 2.98. The number of carbonyl (C=O) groups excluding carboxylic acids is 2. The molecule has 0 saturated heterocycles. The van der Waals surface area contributed by atoms with Gasteiger partial charge in [0, 0.05) is 17.2 Å². The maximum atomic E-state index is 12.7. The molecule has 118 valence electrons. The molecule has 1 aromatic rings. The first kappa shape index (κ1) is 14.4. The van der Waals surface area contributed by atoms with Crippen LogP contribution in [0.3, 0.4) is 0 Å². The predicted molar refractivity (Wildman–Crippen MR) is 88.6 cm³/mol. The number of fused-ring (bicyclic) bond motifs is 1. The summed E-state index contributed by atoms with van der Waals surface area (Å²) < 4.78 is 0. The third-order valence-corrected chi connectivity index (χ3v) is 6.31. The summed E-state index contributed by atoms with van der Waals surface area (Å²) in [5.41, 5.74) is 2.11. The molecule has 22 heavy (non-hydrogen) atoms. The second-order valence-electron chi connectivity index (χ2n) is 7.08. The SMILES string of the molecule is O=C(CCCC1CC1)c1c(NC(=O)C2CC2)sc2c1CCC2. The van der Waals surface area contributed by atoms with Crippen LogP contribution in [0.1, 0.15) is 72.2 Å². The van der Waals surface area contributed by atoms with Crippen molar-refractivity contribution in [2.45, 2.75) is 64.2 Å². The Morgan fingerprint density at radius 2 is 1.95 bits per heavy atom. The Balaban J connectivity index is 1.49. The molecular weight excluding hydrogens is 294 g/mol. The first-order valence-electron chi connectivity index (χ1n) is 8.71. The molecule has 0 radical (unpaired) electrons. The highest BCUT2D eigenvalue weighted by atomic mass is 32.1. The molecule has 1 amide bonds. The van der Waals surface area contributed by atoms with Gasteiger partial charge >= 0.3 is 0 Å². The smallest absolute Gasteiger partial charge is 0.228 e. The van der Waals surface area contributed by atoms with Crippen molar-refractivity contribution in [3.63, 3.8) is 0 Å². The molecule has 0 bridgehead atoms. The lowest BCUT2D eigenvalue weighted by Gasteiger charge is -2.07. The van der Waals surface area contributed by atoms with Crippen LogP contribution in [0.25, 0.3) is 0 Å². The summed E-state index contributed by atoms with van der Waals surface area (Å²) in [5, 5.41) is 3.90. The van der Waals surface area contributed by atoms with E-state index in [1.807, 2.05) is 0 Å². The molecule has 0 aliphatic heterocycles. The molecule has 3 aliphatic carbocycles. The fourth-order valence-corrected chi connectivity index (χ4v) is 4.74. The molecule has 4 heteroatoms. The van der Waals surface area contributed by atoms with Gasteiger partial charge in [0.25, 0.3) is 0 Å². The van der Waals surface area contributed by atoms with Crippen LogP contribution < -0.4 is 5.32 Å². The van der Waals surface area contributed by atoms with Gasteiger partial charge in [0.1, 0.15) is 5.00 Å². The normalized spacial score (nSPS) is 20.0. The van der Waals surface area contributed by atoms with Crippen LogP contribution in [0.5, 0.6) is 0 Å². The maximum absolute atomic E-state index is 12.7. The molecule has 0 unspecified atom stereocenters. The summed E-state index contributed by atoms with van der Waals surface area (Å²) in [6, 6.07) is 0. The summed E-state index contributed by atoms with van der Waals surface area (Å²) in [4.78, 5) is 26.1. The van der Waals surface area contributed by atoms with Crippen LogP contribution in [0.15, 0.2) is 0 Å². The van der Waals surface area contributed by atoms with Gasteiger partial charge in [0.15, 0.2) is 5.78 Å². The molecule has 0 atom stereocenters. The van der Waals surface area contributed by atoms with Gasteiger partial charge in [-0.05, 0) is 50.0 Å². The lowest BCUT2D eigenvalue weighted by Crippen LogP contribution is -2.15. The Hall–Kier alpha value is -1.16. The predicted octanol–water partition coefficient (Wildman–Crippen LogP) is 4.35. The Labute approximate surface area is 135 Å². The highest BCUT2D eigenvalue weighted by Crippen LogP contribution is 2.41. The van der Waals surface area contributed by atoms with E-state index in [0.717, 1.165) is 55.0 Å². The van der Waals surface area contributed by atoms with E-state index in [-0.39, 0.29) is 17.6 Å². The van der Waals surface area contributed by atoms with E-state index in [9.17, 15) is 9.59 Å². The second kappa shape index (κ2) is 5.80. The monoisotopic (exact) mass is 317 g/mol. The molecular formula is C18H23NO2S. The number of nitrogens with one attached hydrogen (secondary N) is 1. The number of aryl methyl sites for hydroxylation is 1. The van der Waals surface area contributed by atoms with Crippen LogP contribution >= 0.6 is 11.3 Å². The Morgan fingerprint density at radius 1 is 1.14 bits per heavy atom. The fraction of sp³-hybridized carbons (Fsp3) is 0.667. The van der Waals surface area contributed by atoms with Gasteiger partial charge in [0.2, 0.25) is 5.91 Å². The summed E-state index contributed by atoms with van der Waals surface area (Å²) in [6.45, 7) is 0. The minimum Gasteiger partial charge on any atom is -0.317 e. The Morgan fingerprint density at radius 3 is 2.68 bits per heavy atom. The lowest BCUT2D eigenvalue weighted by atomic mass is 10.0. The summed E-state index contributed by atoms with van der Waals surface area (Å²) in [5.74, 6) is 1.45. The standard InChI is InChI=1S/C18H23NO2S/c20-14(5-1-3-11-7-8-11)16-13-4-2-6-15(13)22-18(16)19-17(21)12-9-10-12/h11-12H,1-10H2,(H,19,21). The summed E-state index contributed by atoms with van der Waals surface area (Å²) in [7, 11) is 0. The van der Waals surface area contributed by atoms with E-state index in [2.05, 4.69) is 5.32 Å². The molecule has 2 fully saturated rings. The van der Waals surface area contributed by atoms with Crippen molar-refractivity contribution in [2.24, 2.45) is 11.8 Å². The zero-order chi connectivity index (χ0) is 15.1. The van der Waals surface area contributed by atoms with E-state index in [0.29, 0.717) is 6.42 Å². The van der Waals surface area contributed by atoms with Crippen molar-refractivity contribution in [1.82, 2.24) is 0 Å². The Bertz CT molecular complexity index is 611. The van der Waals surface area contributed by atoms with Gasteiger partial charge in [-0.1, -0.05) is 19.3 Å². The van der Waals surface area contributed by atoms with Crippen LogP contribution in [-0.4, -0.2) is 11.7 Å². The first-order valence-corrected chi connectivity index (χ1v) is 9.52. The quantitative estimate of drug-likeness (QED) is 0.760. The highest BCUT2D eigenvalue weighted by Gasteiger charge is 2.33. The van der Waals surface area contributed by atoms with E-state index in [4.69, 9.17) is 0 Å². The average molecular weight is 317 g/mol. The summed E-state index contributed by atoms with van der Waals surface area (Å²) >= 11 is 1.65. The molecule has 4 rings (SSSR count). The van der Waals surface area contributed by atoms with Crippen molar-refractivity contribution in [3.05, 3.63) is 16.0 Å². The van der Waals surface area contributed by atoms with Crippen LogP contribution in [0.4, 0.5) is 5.00 Å². The van der Waals surface area contributed by atoms with Crippen molar-refractivity contribution < 1.29 is 9.59 Å². The highest BCUT2D eigenvalue weighted by molar-refractivity contribution is 7.17. The van der Waals surface area contributed by atoms with Gasteiger partial charge in [-0.25, -0.2) is 0 Å². The zero-order valence-electron chi connectivity index (χ0n) is 13.0. The Kier molecular flexibility index (Phi) is 3.81. The number of anilines is 1. The number of Topliss-reactive ketones (excluding diaryl/α,β-unsaturated/α-hetero) is 1. The lowest BCUT2D eigenvalue weighted by molar-refractivity contribution is -0.117. The number of thiophene rings is 1. The van der Waals surface area contributed by atoms with Crippen LogP contribution in [0, 0.1) is 11.8 Å². The first-order chi connectivity index (χ1) is 10.7. The second-order valence-corrected chi connectivity index (χ2v) is 8.19. The van der Waals surface area contributed by atoms with Crippen LogP contribution in [0.2, 0.25) is 0 Å². The average Bonchev–Trinajstić information content (AvgIpc) is 3.39. The third-order valence-electron chi connectivity index (χ3n) is 5.10. The van der Waals surface area contributed by atoms with Crippen molar-refractivity contribution in [3.8, 4) is 0 Å². The van der Waals surface area contributed by atoms with E-state index in [1.165, 1.54) is 29.7 Å². The number of carbonyl (C=O) groups is 2. The molecule has 2 saturated carbocycles. The number of ketones is 1. The molecule has 3 nitrogen and oxygen atoms in total. The van der Waals surface area contributed by atoms with Gasteiger partial charge in [-0.15, -0.1) is 11.3 Å². The fourth-order valence-electron chi connectivity index (χ4n) is 3.43. The largest absolute Gasteiger partial charge is 0.317 e. The molecule has 1 aromatic heterocycles. The van der Waals surface area contributed by atoms with Crippen LogP contribution in [-0.2, 0) is 17.6 Å². The molecule has 3 aliphatic rings. The minimum absolute atomic E-state index is 0.118. The topological polar surface area (TPSA) is 46.2 Å². The van der Waals surface area contributed by atoms with E-state index < -0.39 is 0 Å². The molecule has 1 N–H and O–H groups in total. The number of hydrogen-bond donors (Lipinski definition) is 1. The minimum atomic E-state index is 0.118. The number of rotatable bonds is 7. The van der Waals surface area contributed by atoms with Crippen molar-refractivity contribution >= 4 is 28.0 Å². The zero-order valence-corrected chi connectivity index (χ0v) is 13.8. The van der Waals surface area contributed by atoms with Crippen molar-refractivity contribution in [1.29, 1.82) is 0 Å². The molecule has 0 aromatic carbocycles. The van der Waals surface area contributed by atoms with Gasteiger partial charge < -0.3 is 5.32 Å². The molecule has 1 heterocycles. The van der Waals surface area contributed by atoms with E-state index >= 15 is 0 Å². The van der Waals surface area contributed by atoms with Crippen molar-refractivity contribution in [2.75, 3.05) is 5.32 Å². The number of hydrogen-bond acceptors (Lipinski definition) is 3. The van der Waals surface area contributed by atoms with Gasteiger partial charge in [0.05, 0.1) is 5.56 Å². The van der Waals surface area contributed by atoms with Gasteiger partial charge in [-0.2, -0.15) is 0 Å².